The molecule has 33 heavy (non-hydrogen) atoms. The lowest BCUT2D eigenvalue weighted by Gasteiger charge is -2.32. The van der Waals surface area contributed by atoms with Crippen LogP contribution < -0.4 is 5.32 Å². The fourth-order valence-electron chi connectivity index (χ4n) is 4.60. The van der Waals surface area contributed by atoms with Crippen LogP contribution in [0.5, 0.6) is 0 Å². The van der Waals surface area contributed by atoms with Gasteiger partial charge in [-0.25, -0.2) is 0 Å². The molecule has 5 atom stereocenters. The van der Waals surface area contributed by atoms with Gasteiger partial charge in [0.25, 0.3) is 0 Å². The van der Waals surface area contributed by atoms with Crippen molar-refractivity contribution in [2.24, 2.45) is 11.8 Å². The zero-order chi connectivity index (χ0) is 22.6. The fourth-order valence-corrected chi connectivity index (χ4v) is 5.67. The van der Waals surface area contributed by atoms with Crippen molar-refractivity contribution in [3.8, 4) is 0 Å². The van der Waals surface area contributed by atoms with Crippen molar-refractivity contribution in [3.05, 3.63) is 59.3 Å². The fraction of sp³-hybridized carbons (Fsp3) is 0.643. The topological polar surface area (TPSA) is 95.3 Å². The second-order valence-electron chi connectivity index (χ2n) is 9.13. The molecule has 2 heterocycles. The van der Waals surface area contributed by atoms with E-state index in [4.69, 9.17) is 0 Å². The SMILES string of the molecule is CC.CC1=C(/CC2CCCSCC2)NC(C(O)C(C)c2ccccc2)CCC(C)/C=C\1.O.O. The predicted octanol–water partition coefficient (Wildman–Crippen LogP) is 5.67. The Morgan fingerprint density at radius 1 is 1.03 bits per heavy atom. The van der Waals surface area contributed by atoms with Crippen LogP contribution in [0.15, 0.2) is 53.8 Å². The minimum atomic E-state index is -0.393. The Labute approximate surface area is 207 Å². The number of thioether (sulfide) groups is 1. The standard InChI is InChI=1S/C26H39NOS.C2H6.2H2O/c1-19-11-13-20(2)25(18-22-8-7-16-29-17-15-22)27-24(14-12-19)26(28)21(3)23-9-5-4-6-10-23;1-2;;/h4-6,9-11,13,19,21-22,24,26-28H,7-8,12,14-18H2,1-3H3;1-2H3;2*1H2/b13-11-,25-20+;;;. The average molecular weight is 480 g/mol. The van der Waals surface area contributed by atoms with Crippen molar-refractivity contribution in [1.29, 1.82) is 0 Å². The normalized spacial score (nSPS) is 28.4. The number of allylic oxidation sites excluding steroid dienone is 4. The summed E-state index contributed by atoms with van der Waals surface area (Å²) in [5.41, 5.74) is 3.92. The lowest BCUT2D eigenvalue weighted by atomic mass is 9.87. The quantitative estimate of drug-likeness (QED) is 0.569. The molecule has 2 aliphatic rings. The maximum atomic E-state index is 11.3. The summed E-state index contributed by atoms with van der Waals surface area (Å²) in [5.74, 6) is 4.03. The lowest BCUT2D eigenvalue weighted by Crippen LogP contribution is -2.42. The maximum Gasteiger partial charge on any atom is 0.0806 e. The van der Waals surface area contributed by atoms with Crippen LogP contribution in [0.25, 0.3) is 0 Å². The van der Waals surface area contributed by atoms with Crippen LogP contribution in [-0.4, -0.2) is 39.7 Å². The van der Waals surface area contributed by atoms with E-state index in [-0.39, 0.29) is 22.9 Å². The van der Waals surface area contributed by atoms with Crippen LogP contribution >= 0.6 is 11.8 Å². The van der Waals surface area contributed by atoms with Gasteiger partial charge in [-0.3, -0.25) is 0 Å². The van der Waals surface area contributed by atoms with Crippen LogP contribution in [-0.2, 0) is 0 Å². The van der Waals surface area contributed by atoms with Gasteiger partial charge in [-0.2, -0.15) is 11.8 Å². The second-order valence-corrected chi connectivity index (χ2v) is 10.4. The molecule has 0 saturated carbocycles. The van der Waals surface area contributed by atoms with Crippen LogP contribution in [0.1, 0.15) is 84.6 Å². The first-order valence-electron chi connectivity index (χ1n) is 12.5. The van der Waals surface area contributed by atoms with Crippen LogP contribution in [0.3, 0.4) is 0 Å². The summed E-state index contributed by atoms with van der Waals surface area (Å²) in [6.07, 6.45) is 11.5. The molecule has 4 nitrogen and oxygen atoms in total. The summed E-state index contributed by atoms with van der Waals surface area (Å²) >= 11 is 2.11. The minimum Gasteiger partial charge on any atom is -0.412 e. The van der Waals surface area contributed by atoms with E-state index in [0.29, 0.717) is 5.92 Å². The van der Waals surface area contributed by atoms with Crippen molar-refractivity contribution in [3.63, 3.8) is 0 Å². The smallest absolute Gasteiger partial charge is 0.0806 e. The van der Waals surface area contributed by atoms with Gasteiger partial charge in [-0.1, -0.05) is 70.2 Å². The first-order chi connectivity index (χ1) is 15.0. The van der Waals surface area contributed by atoms with Gasteiger partial charge in [0.1, 0.15) is 0 Å². The highest BCUT2D eigenvalue weighted by Gasteiger charge is 2.28. The number of nitrogens with one attached hydrogen (secondary N) is 1. The van der Waals surface area contributed by atoms with Crippen LogP contribution in [0.4, 0.5) is 0 Å². The van der Waals surface area contributed by atoms with Gasteiger partial charge in [-0.15, -0.1) is 0 Å². The van der Waals surface area contributed by atoms with Crippen molar-refractivity contribution >= 4 is 11.8 Å². The van der Waals surface area contributed by atoms with Gasteiger partial charge in [0, 0.05) is 11.6 Å². The molecule has 2 aliphatic heterocycles. The predicted molar refractivity (Wildman–Crippen MR) is 146 cm³/mol. The van der Waals surface area contributed by atoms with Crippen molar-refractivity contribution in [2.45, 2.75) is 91.2 Å². The summed E-state index contributed by atoms with van der Waals surface area (Å²) in [5, 5.41) is 15.2. The second kappa shape index (κ2) is 17.2. The summed E-state index contributed by atoms with van der Waals surface area (Å²) in [4.78, 5) is 0. The summed E-state index contributed by atoms with van der Waals surface area (Å²) in [7, 11) is 0. The Balaban J connectivity index is 0.00000249. The molecule has 6 N–H and O–H groups in total. The summed E-state index contributed by atoms with van der Waals surface area (Å²) in [6, 6.07) is 10.6. The Bertz CT molecular complexity index is 684. The number of hydrogen-bond donors (Lipinski definition) is 2. The minimum absolute atomic E-state index is 0. The van der Waals surface area contributed by atoms with Gasteiger partial charge >= 0.3 is 0 Å². The monoisotopic (exact) mass is 479 g/mol. The molecule has 190 valence electrons. The summed E-state index contributed by atoms with van der Waals surface area (Å²) in [6.45, 7) is 10.7. The van der Waals surface area contributed by atoms with Crippen molar-refractivity contribution in [1.82, 2.24) is 5.32 Å². The molecule has 0 amide bonds. The summed E-state index contributed by atoms with van der Waals surface area (Å²) < 4.78 is 0. The number of benzene rings is 1. The molecule has 5 unspecified atom stereocenters. The van der Waals surface area contributed by atoms with E-state index in [1.807, 2.05) is 19.9 Å². The van der Waals surface area contributed by atoms with Crippen LogP contribution in [0, 0.1) is 11.8 Å². The van der Waals surface area contributed by atoms with E-state index < -0.39 is 6.10 Å². The molecule has 0 spiro atoms. The molecule has 1 fully saturated rings. The van der Waals surface area contributed by atoms with Gasteiger partial charge in [0.05, 0.1) is 12.1 Å². The van der Waals surface area contributed by atoms with Crippen LogP contribution in [0.2, 0.25) is 0 Å². The third-order valence-corrected chi connectivity index (χ3v) is 7.86. The molecule has 0 radical (unpaired) electrons. The molecule has 0 bridgehead atoms. The molecule has 5 heteroatoms. The van der Waals surface area contributed by atoms with E-state index in [0.717, 1.165) is 25.2 Å². The molecule has 1 aromatic rings. The maximum absolute atomic E-state index is 11.3. The first kappa shape index (κ1) is 31.7. The molecule has 0 aromatic heterocycles. The average Bonchev–Trinajstić information content (AvgIpc) is 3.05. The third kappa shape index (κ3) is 10.3. The van der Waals surface area contributed by atoms with Gasteiger partial charge in [0.2, 0.25) is 0 Å². The number of aliphatic hydroxyl groups excluding tert-OH is 1. The Hall–Kier alpha value is -1.27. The number of aliphatic hydroxyl groups is 1. The van der Waals surface area contributed by atoms with Crippen molar-refractivity contribution in [2.75, 3.05) is 11.5 Å². The van der Waals surface area contributed by atoms with E-state index >= 15 is 0 Å². The molecule has 0 aliphatic carbocycles. The zero-order valence-electron chi connectivity index (χ0n) is 21.4. The number of hydrogen-bond acceptors (Lipinski definition) is 3. The van der Waals surface area contributed by atoms with E-state index in [9.17, 15) is 5.11 Å². The van der Waals surface area contributed by atoms with E-state index in [2.05, 4.69) is 74.3 Å². The highest BCUT2D eigenvalue weighted by atomic mass is 32.2. The third-order valence-electron chi connectivity index (χ3n) is 6.76. The Kier molecular flexibility index (Phi) is 16.5. The van der Waals surface area contributed by atoms with E-state index in [1.165, 1.54) is 47.6 Å². The van der Waals surface area contributed by atoms with Gasteiger partial charge in [0.15, 0.2) is 0 Å². The largest absolute Gasteiger partial charge is 0.412 e. The molecule has 1 saturated heterocycles. The van der Waals surface area contributed by atoms with Crippen molar-refractivity contribution < 1.29 is 16.1 Å². The van der Waals surface area contributed by atoms with Gasteiger partial charge < -0.3 is 21.4 Å². The lowest BCUT2D eigenvalue weighted by molar-refractivity contribution is 0.102. The highest BCUT2D eigenvalue weighted by Crippen LogP contribution is 2.31. The number of rotatable bonds is 5. The highest BCUT2D eigenvalue weighted by molar-refractivity contribution is 7.99. The Morgan fingerprint density at radius 3 is 2.42 bits per heavy atom. The first-order valence-corrected chi connectivity index (χ1v) is 13.6. The molecular formula is C28H49NO3S. The molecular weight excluding hydrogens is 430 g/mol. The van der Waals surface area contributed by atoms with Gasteiger partial charge in [-0.05, 0) is 79.9 Å². The van der Waals surface area contributed by atoms with E-state index in [1.54, 1.807) is 0 Å². The zero-order valence-corrected chi connectivity index (χ0v) is 22.3. The molecule has 3 rings (SSSR count). The Morgan fingerprint density at radius 2 is 1.73 bits per heavy atom. The molecule has 1 aromatic carbocycles.